The van der Waals surface area contributed by atoms with Crippen molar-refractivity contribution in [3.8, 4) is 0 Å². The topological polar surface area (TPSA) is 24.1 Å². The third-order valence-corrected chi connectivity index (χ3v) is 6.40. The van der Waals surface area contributed by atoms with Gasteiger partial charge in [0.15, 0.2) is 0 Å². The lowest BCUT2D eigenvalue weighted by Crippen LogP contribution is -2.50. The Labute approximate surface area is 111 Å². The van der Waals surface area contributed by atoms with Crippen molar-refractivity contribution in [3.05, 3.63) is 0 Å². The Balaban J connectivity index is 1.34. The Hall–Kier alpha value is -0.0800. The molecular formula is C16H28N2. The third-order valence-electron chi connectivity index (χ3n) is 6.40. The van der Waals surface area contributed by atoms with Crippen LogP contribution in [0, 0.1) is 29.6 Å². The molecule has 1 aliphatic heterocycles. The summed E-state index contributed by atoms with van der Waals surface area (Å²) in [5, 5.41) is 7.37. The Morgan fingerprint density at radius 2 is 1.44 bits per heavy atom. The number of hydrogen-bond donors (Lipinski definition) is 2. The van der Waals surface area contributed by atoms with Crippen molar-refractivity contribution in [2.75, 3.05) is 19.6 Å². The molecule has 4 bridgehead atoms. The van der Waals surface area contributed by atoms with E-state index in [2.05, 4.69) is 10.6 Å². The molecule has 5 aliphatic rings. The first-order valence-corrected chi connectivity index (χ1v) is 8.32. The number of hydrogen-bond acceptors (Lipinski definition) is 2. The second-order valence-electron chi connectivity index (χ2n) is 7.53. The highest BCUT2D eigenvalue weighted by molar-refractivity contribution is 4.98. The van der Waals surface area contributed by atoms with Crippen molar-refractivity contribution in [3.63, 3.8) is 0 Å². The lowest BCUT2D eigenvalue weighted by Gasteiger charge is -2.54. The van der Waals surface area contributed by atoms with Crippen LogP contribution >= 0.6 is 0 Å². The first kappa shape index (κ1) is 11.7. The lowest BCUT2D eigenvalue weighted by atomic mass is 9.52. The van der Waals surface area contributed by atoms with Gasteiger partial charge in [0, 0.05) is 6.04 Å². The third kappa shape index (κ3) is 2.12. The molecule has 1 heterocycles. The Bertz CT molecular complexity index is 267. The maximum Gasteiger partial charge on any atom is 0.00913 e. The van der Waals surface area contributed by atoms with Crippen LogP contribution in [-0.2, 0) is 0 Å². The minimum Gasteiger partial charge on any atom is -0.317 e. The van der Waals surface area contributed by atoms with Crippen molar-refractivity contribution >= 4 is 0 Å². The quantitative estimate of drug-likeness (QED) is 0.801. The van der Waals surface area contributed by atoms with Crippen LogP contribution < -0.4 is 10.6 Å². The summed E-state index contributed by atoms with van der Waals surface area (Å²) >= 11 is 0. The Morgan fingerprint density at radius 1 is 0.833 bits per heavy atom. The lowest BCUT2D eigenvalue weighted by molar-refractivity contribution is -0.0365. The highest BCUT2D eigenvalue weighted by Gasteiger charge is 2.47. The largest absolute Gasteiger partial charge is 0.317 e. The molecule has 18 heavy (non-hydrogen) atoms. The SMILES string of the molecule is C1CC(NCC2C3CC4CC(C3)CC2C4)CCN1. The summed E-state index contributed by atoms with van der Waals surface area (Å²) in [6, 6.07) is 0.809. The summed E-state index contributed by atoms with van der Waals surface area (Å²) in [7, 11) is 0. The Morgan fingerprint density at radius 3 is 2.06 bits per heavy atom. The molecule has 0 amide bonds. The molecular weight excluding hydrogens is 220 g/mol. The zero-order chi connectivity index (χ0) is 11.9. The minimum atomic E-state index is 0.809. The number of rotatable bonds is 3. The smallest absolute Gasteiger partial charge is 0.00913 e. The monoisotopic (exact) mass is 248 g/mol. The van der Waals surface area contributed by atoms with E-state index >= 15 is 0 Å². The fourth-order valence-electron chi connectivity index (χ4n) is 5.70. The molecule has 4 saturated carbocycles. The molecule has 0 aromatic carbocycles. The van der Waals surface area contributed by atoms with Crippen LogP contribution in [0.2, 0.25) is 0 Å². The van der Waals surface area contributed by atoms with E-state index in [-0.39, 0.29) is 0 Å². The molecule has 1 saturated heterocycles. The van der Waals surface area contributed by atoms with Crippen molar-refractivity contribution in [2.24, 2.45) is 29.6 Å². The summed E-state index contributed by atoms with van der Waals surface area (Å²) in [6.07, 6.45) is 10.6. The van der Waals surface area contributed by atoms with Crippen molar-refractivity contribution in [1.29, 1.82) is 0 Å². The summed E-state index contributed by atoms with van der Waals surface area (Å²) in [5.74, 6) is 5.48. The van der Waals surface area contributed by atoms with Gasteiger partial charge in [-0.25, -0.2) is 0 Å². The number of nitrogens with one attached hydrogen (secondary N) is 2. The second-order valence-corrected chi connectivity index (χ2v) is 7.53. The van der Waals surface area contributed by atoms with Crippen molar-refractivity contribution in [1.82, 2.24) is 10.6 Å². The van der Waals surface area contributed by atoms with Gasteiger partial charge >= 0.3 is 0 Å². The summed E-state index contributed by atoms with van der Waals surface area (Å²) in [4.78, 5) is 0. The summed E-state index contributed by atoms with van der Waals surface area (Å²) in [6.45, 7) is 3.78. The highest BCUT2D eigenvalue weighted by Crippen LogP contribution is 2.56. The van der Waals surface area contributed by atoms with Crippen LogP contribution in [0.3, 0.4) is 0 Å². The second kappa shape index (κ2) is 4.79. The van der Waals surface area contributed by atoms with Crippen LogP contribution in [-0.4, -0.2) is 25.7 Å². The molecule has 5 fully saturated rings. The molecule has 2 heteroatoms. The van der Waals surface area contributed by atoms with E-state index in [1.807, 2.05) is 0 Å². The molecule has 102 valence electrons. The maximum absolute atomic E-state index is 3.91. The molecule has 0 unspecified atom stereocenters. The van der Waals surface area contributed by atoms with Gasteiger partial charge in [-0.1, -0.05) is 0 Å². The van der Waals surface area contributed by atoms with E-state index in [1.165, 1.54) is 32.5 Å². The summed E-state index contributed by atoms with van der Waals surface area (Å²) in [5.41, 5.74) is 0. The van der Waals surface area contributed by atoms with Gasteiger partial charge in [-0.2, -0.15) is 0 Å². The fourth-order valence-corrected chi connectivity index (χ4v) is 5.70. The van der Waals surface area contributed by atoms with Gasteiger partial charge < -0.3 is 10.6 Å². The van der Waals surface area contributed by atoms with Gasteiger partial charge in [0.1, 0.15) is 0 Å². The van der Waals surface area contributed by atoms with Crippen LogP contribution in [0.4, 0.5) is 0 Å². The fraction of sp³-hybridized carbons (Fsp3) is 1.00. The van der Waals surface area contributed by atoms with Crippen LogP contribution in [0.15, 0.2) is 0 Å². The molecule has 0 aromatic rings. The van der Waals surface area contributed by atoms with Crippen LogP contribution in [0.1, 0.15) is 44.9 Å². The van der Waals surface area contributed by atoms with E-state index in [4.69, 9.17) is 0 Å². The first-order valence-electron chi connectivity index (χ1n) is 8.32. The maximum atomic E-state index is 3.91. The Kier molecular flexibility index (Phi) is 3.12. The van der Waals surface area contributed by atoms with E-state index in [9.17, 15) is 0 Å². The average Bonchev–Trinajstić information content (AvgIpc) is 2.38. The van der Waals surface area contributed by atoms with Gasteiger partial charge in [0.05, 0.1) is 0 Å². The van der Waals surface area contributed by atoms with E-state index < -0.39 is 0 Å². The molecule has 4 aliphatic carbocycles. The zero-order valence-electron chi connectivity index (χ0n) is 11.5. The standard InChI is InChI=1S/C16H28N2/c1-3-17-4-2-15(1)18-10-16-13-6-11-5-12(8-13)9-14(16)7-11/h11-18H,1-10H2. The van der Waals surface area contributed by atoms with Gasteiger partial charge in [-0.05, 0) is 94.2 Å². The van der Waals surface area contributed by atoms with Gasteiger partial charge in [-0.15, -0.1) is 0 Å². The first-order chi connectivity index (χ1) is 8.88. The molecule has 0 spiro atoms. The minimum absolute atomic E-state index is 0.809. The van der Waals surface area contributed by atoms with Crippen molar-refractivity contribution in [2.45, 2.75) is 51.0 Å². The molecule has 0 atom stereocenters. The predicted octanol–water partition coefficient (Wildman–Crippen LogP) is 2.40. The van der Waals surface area contributed by atoms with Gasteiger partial charge in [0.25, 0.3) is 0 Å². The number of piperidine rings is 1. The zero-order valence-corrected chi connectivity index (χ0v) is 11.5. The van der Waals surface area contributed by atoms with Crippen molar-refractivity contribution < 1.29 is 0 Å². The van der Waals surface area contributed by atoms with E-state index in [0.717, 1.165) is 35.6 Å². The molecule has 2 nitrogen and oxygen atoms in total. The van der Waals surface area contributed by atoms with Gasteiger partial charge in [-0.3, -0.25) is 0 Å². The van der Waals surface area contributed by atoms with E-state index in [1.54, 1.807) is 32.1 Å². The van der Waals surface area contributed by atoms with Crippen LogP contribution in [0.5, 0.6) is 0 Å². The molecule has 0 radical (unpaired) electrons. The predicted molar refractivity (Wildman–Crippen MR) is 74.4 cm³/mol. The molecule has 5 rings (SSSR count). The molecule has 0 aromatic heterocycles. The van der Waals surface area contributed by atoms with E-state index in [0.29, 0.717) is 0 Å². The molecule has 2 N–H and O–H groups in total. The normalized spacial score (nSPS) is 47.7. The summed E-state index contributed by atoms with van der Waals surface area (Å²) < 4.78 is 0. The van der Waals surface area contributed by atoms with Crippen LogP contribution in [0.25, 0.3) is 0 Å². The average molecular weight is 248 g/mol. The highest BCUT2D eigenvalue weighted by atomic mass is 15.0. The van der Waals surface area contributed by atoms with Gasteiger partial charge in [0.2, 0.25) is 0 Å².